The second-order valence-corrected chi connectivity index (χ2v) is 7.68. The molecule has 1 fully saturated rings. The Kier molecular flexibility index (Phi) is 4.63. The average molecular weight is 392 g/mol. The number of ether oxygens (including phenoxy) is 1. The van der Waals surface area contributed by atoms with Crippen molar-refractivity contribution in [1.82, 2.24) is 29.4 Å². The van der Waals surface area contributed by atoms with Crippen molar-refractivity contribution in [3.05, 3.63) is 53.5 Å². The van der Waals surface area contributed by atoms with E-state index in [0.29, 0.717) is 26.2 Å². The van der Waals surface area contributed by atoms with E-state index in [-0.39, 0.29) is 12.0 Å². The minimum Gasteiger partial charge on any atom is -0.368 e. The van der Waals surface area contributed by atoms with Crippen LogP contribution in [0.3, 0.4) is 0 Å². The molecule has 0 bridgehead atoms. The number of carbonyl (C=O) groups excluding carboxylic acids is 1. The van der Waals surface area contributed by atoms with E-state index in [2.05, 4.69) is 22.3 Å². The molecule has 8 nitrogen and oxygen atoms in total. The topological polar surface area (TPSA) is 78.1 Å². The van der Waals surface area contributed by atoms with E-state index in [9.17, 15) is 4.79 Å². The van der Waals surface area contributed by atoms with Crippen molar-refractivity contribution in [3.8, 4) is 11.5 Å². The number of hydrogen-bond acceptors (Lipinski definition) is 5. The fourth-order valence-electron chi connectivity index (χ4n) is 4.27. The highest BCUT2D eigenvalue weighted by atomic mass is 16.5. The molecule has 0 N–H and O–H groups in total. The maximum absolute atomic E-state index is 12.9. The van der Waals surface area contributed by atoms with E-state index in [4.69, 9.17) is 9.84 Å². The van der Waals surface area contributed by atoms with Crippen molar-refractivity contribution in [3.63, 3.8) is 0 Å². The molecule has 2 aliphatic heterocycles. The zero-order chi connectivity index (χ0) is 19.8. The van der Waals surface area contributed by atoms with E-state index >= 15 is 0 Å². The van der Waals surface area contributed by atoms with Crippen LogP contribution < -0.4 is 0 Å². The van der Waals surface area contributed by atoms with Gasteiger partial charge in [0, 0.05) is 44.4 Å². The summed E-state index contributed by atoms with van der Waals surface area (Å²) in [5.41, 5.74) is 4.20. The van der Waals surface area contributed by atoms with Gasteiger partial charge in [-0.3, -0.25) is 9.48 Å². The summed E-state index contributed by atoms with van der Waals surface area (Å²) in [6.45, 7) is 2.58. The summed E-state index contributed by atoms with van der Waals surface area (Å²) in [6.07, 6.45) is 3.99. The number of benzene rings is 1. The van der Waals surface area contributed by atoms with Crippen LogP contribution in [0, 0.1) is 0 Å². The molecule has 0 aliphatic carbocycles. The summed E-state index contributed by atoms with van der Waals surface area (Å²) in [5.74, 6) is 0.825. The predicted octanol–water partition coefficient (Wildman–Crippen LogP) is 1.79. The lowest BCUT2D eigenvalue weighted by Gasteiger charge is -2.29. The number of nitrogens with zero attached hydrogens (tertiary/aromatic N) is 6. The van der Waals surface area contributed by atoms with Gasteiger partial charge in [-0.05, 0) is 18.4 Å². The first-order valence-corrected chi connectivity index (χ1v) is 10.1. The Labute approximate surface area is 169 Å². The Morgan fingerprint density at radius 3 is 2.93 bits per heavy atom. The molecule has 29 heavy (non-hydrogen) atoms. The van der Waals surface area contributed by atoms with Gasteiger partial charge in [-0.2, -0.15) is 5.10 Å². The monoisotopic (exact) mass is 392 g/mol. The largest absolute Gasteiger partial charge is 0.368 e. The summed E-state index contributed by atoms with van der Waals surface area (Å²) in [7, 11) is 1.96. The Morgan fingerprint density at radius 2 is 2.14 bits per heavy atom. The molecule has 2 aliphatic rings. The van der Waals surface area contributed by atoms with Gasteiger partial charge in [-0.15, -0.1) is 10.2 Å². The third kappa shape index (κ3) is 3.33. The molecule has 2 aromatic heterocycles. The molecule has 0 saturated carbocycles. The molecular weight excluding hydrogens is 368 g/mol. The minimum atomic E-state index is -0.293. The van der Waals surface area contributed by atoms with Gasteiger partial charge in [0.2, 0.25) is 0 Å². The number of amides is 1. The van der Waals surface area contributed by atoms with E-state index in [1.807, 2.05) is 39.4 Å². The Bertz CT molecular complexity index is 1020. The molecule has 1 saturated heterocycles. The van der Waals surface area contributed by atoms with E-state index in [1.165, 1.54) is 5.56 Å². The molecule has 5 rings (SSSR count). The average Bonchev–Trinajstić information content (AvgIpc) is 3.49. The summed E-state index contributed by atoms with van der Waals surface area (Å²) < 4.78 is 9.54. The Hall–Kier alpha value is -3.00. The quantitative estimate of drug-likeness (QED) is 0.676. The van der Waals surface area contributed by atoms with Gasteiger partial charge in [-0.25, -0.2) is 0 Å². The zero-order valence-electron chi connectivity index (χ0n) is 16.5. The van der Waals surface area contributed by atoms with Crippen LogP contribution in [0.5, 0.6) is 0 Å². The predicted molar refractivity (Wildman–Crippen MR) is 106 cm³/mol. The van der Waals surface area contributed by atoms with Gasteiger partial charge >= 0.3 is 0 Å². The van der Waals surface area contributed by atoms with Crippen molar-refractivity contribution in [2.75, 3.05) is 13.2 Å². The summed E-state index contributed by atoms with van der Waals surface area (Å²) in [4.78, 5) is 14.8. The van der Waals surface area contributed by atoms with Crippen LogP contribution >= 0.6 is 0 Å². The molecule has 1 aromatic carbocycles. The van der Waals surface area contributed by atoms with Crippen molar-refractivity contribution >= 4 is 5.91 Å². The van der Waals surface area contributed by atoms with Gasteiger partial charge in [0.25, 0.3) is 5.91 Å². The van der Waals surface area contributed by atoms with Crippen LogP contribution in [-0.4, -0.2) is 54.6 Å². The van der Waals surface area contributed by atoms with Gasteiger partial charge in [0.05, 0.1) is 6.54 Å². The van der Waals surface area contributed by atoms with Crippen LogP contribution in [0.15, 0.2) is 36.7 Å². The molecule has 1 atom stereocenters. The highest BCUT2D eigenvalue weighted by Gasteiger charge is 2.33. The van der Waals surface area contributed by atoms with Crippen molar-refractivity contribution < 1.29 is 9.53 Å². The van der Waals surface area contributed by atoms with Crippen molar-refractivity contribution in [2.45, 2.75) is 38.5 Å². The fourth-order valence-corrected chi connectivity index (χ4v) is 4.27. The molecule has 1 amide bonds. The van der Waals surface area contributed by atoms with Gasteiger partial charge in [0.15, 0.2) is 5.82 Å². The second-order valence-electron chi connectivity index (χ2n) is 7.68. The summed E-state index contributed by atoms with van der Waals surface area (Å²) in [5, 5.41) is 13.2. The molecule has 1 unspecified atom stereocenters. The number of carbonyl (C=O) groups is 1. The highest BCUT2D eigenvalue weighted by Crippen LogP contribution is 2.30. The summed E-state index contributed by atoms with van der Waals surface area (Å²) in [6, 6.07) is 10.2. The first kappa shape index (κ1) is 18.1. The first-order valence-electron chi connectivity index (χ1n) is 10.1. The third-order valence-electron chi connectivity index (χ3n) is 5.78. The van der Waals surface area contributed by atoms with Gasteiger partial charge in [-0.1, -0.05) is 30.3 Å². The normalized spacial score (nSPS) is 18.8. The molecule has 3 aromatic rings. The Balaban J connectivity index is 1.45. The van der Waals surface area contributed by atoms with Crippen LogP contribution in [0.2, 0.25) is 0 Å². The van der Waals surface area contributed by atoms with Crippen LogP contribution in [0.25, 0.3) is 11.5 Å². The lowest BCUT2D eigenvalue weighted by atomic mass is 10.0. The molecule has 4 heterocycles. The van der Waals surface area contributed by atoms with Crippen LogP contribution in [0.4, 0.5) is 0 Å². The van der Waals surface area contributed by atoms with E-state index in [1.54, 1.807) is 6.33 Å². The SMILES string of the molecule is Cn1nc(-c2nncn2Cc2ccccc2)c2c1CCN(C(=O)C1CCCO1)C2. The fraction of sp³-hybridized carbons (Fsp3) is 0.429. The number of fused-ring (bicyclic) bond motifs is 1. The first-order chi connectivity index (χ1) is 14.2. The molecule has 0 spiro atoms. The molecule has 0 radical (unpaired) electrons. The highest BCUT2D eigenvalue weighted by molar-refractivity contribution is 5.81. The number of rotatable bonds is 4. The van der Waals surface area contributed by atoms with Crippen molar-refractivity contribution in [1.29, 1.82) is 0 Å². The van der Waals surface area contributed by atoms with Gasteiger partial charge < -0.3 is 14.2 Å². The van der Waals surface area contributed by atoms with E-state index in [0.717, 1.165) is 42.0 Å². The minimum absolute atomic E-state index is 0.0914. The number of aryl methyl sites for hydroxylation is 1. The number of aromatic nitrogens is 5. The smallest absolute Gasteiger partial charge is 0.252 e. The van der Waals surface area contributed by atoms with E-state index < -0.39 is 0 Å². The molecule has 8 heteroatoms. The van der Waals surface area contributed by atoms with Crippen LogP contribution in [0.1, 0.15) is 29.7 Å². The zero-order valence-corrected chi connectivity index (χ0v) is 16.5. The standard InChI is InChI=1S/C21H24N6O2/c1-25-17-9-10-26(21(28)18-8-5-11-29-18)13-16(17)19(24-25)20-23-22-14-27(20)12-15-6-3-2-4-7-15/h2-4,6-7,14,18H,5,8-13H2,1H3. The van der Waals surface area contributed by atoms with Crippen molar-refractivity contribution in [2.24, 2.45) is 7.05 Å². The van der Waals surface area contributed by atoms with Gasteiger partial charge in [0.1, 0.15) is 18.1 Å². The molecular formula is C21H24N6O2. The molecule has 150 valence electrons. The van der Waals surface area contributed by atoms with Crippen LogP contribution in [-0.2, 0) is 36.1 Å². The Morgan fingerprint density at radius 1 is 1.28 bits per heavy atom. The lowest BCUT2D eigenvalue weighted by Crippen LogP contribution is -2.42. The third-order valence-corrected chi connectivity index (χ3v) is 5.78. The second kappa shape index (κ2) is 7.44. The lowest BCUT2D eigenvalue weighted by molar-refractivity contribution is -0.141. The summed E-state index contributed by atoms with van der Waals surface area (Å²) >= 11 is 0. The number of hydrogen-bond donors (Lipinski definition) is 0. The maximum atomic E-state index is 12.9. The maximum Gasteiger partial charge on any atom is 0.252 e.